The van der Waals surface area contributed by atoms with Gasteiger partial charge in [-0.15, -0.1) is 18.3 Å². The minimum Gasteiger partial charge on any atom is -0.299 e. The molecule has 1 heterocycles. The van der Waals surface area contributed by atoms with Crippen LogP contribution in [0.1, 0.15) is 17.0 Å². The van der Waals surface area contributed by atoms with Crippen LogP contribution in [0, 0.1) is 5.92 Å². The Balaban J connectivity index is 2.05. The predicted octanol–water partition coefficient (Wildman–Crippen LogP) is 4.96. The molecule has 0 saturated heterocycles. The first kappa shape index (κ1) is 14.9. The van der Waals surface area contributed by atoms with Gasteiger partial charge < -0.3 is 0 Å². The van der Waals surface area contributed by atoms with Crippen molar-refractivity contribution in [3.8, 4) is 0 Å². The molecule has 0 radical (unpaired) electrons. The highest BCUT2D eigenvalue weighted by atomic mass is 32.2. The van der Waals surface area contributed by atoms with E-state index in [4.69, 9.17) is 0 Å². The summed E-state index contributed by atoms with van der Waals surface area (Å²) in [7, 11) is 0. The maximum Gasteiger partial charge on any atom is 0.143 e. The number of benzene rings is 2. The molecule has 110 valence electrons. The number of rotatable bonds is 4. The van der Waals surface area contributed by atoms with E-state index in [1.165, 1.54) is 16.0 Å². The molecule has 1 nitrogen and oxygen atoms in total. The van der Waals surface area contributed by atoms with Crippen molar-refractivity contribution in [2.75, 3.05) is 5.75 Å². The Bertz CT molecular complexity index is 703. The van der Waals surface area contributed by atoms with Crippen molar-refractivity contribution in [3.63, 3.8) is 0 Å². The zero-order valence-corrected chi connectivity index (χ0v) is 13.1. The second-order valence-electron chi connectivity index (χ2n) is 5.34. The molecular weight excluding hydrogens is 288 g/mol. The summed E-state index contributed by atoms with van der Waals surface area (Å²) < 4.78 is 0. The van der Waals surface area contributed by atoms with Crippen molar-refractivity contribution < 1.29 is 4.79 Å². The fraction of sp³-hybridized carbons (Fsp3) is 0.150. The van der Waals surface area contributed by atoms with Gasteiger partial charge in [0, 0.05) is 22.5 Å². The predicted molar refractivity (Wildman–Crippen MR) is 94.1 cm³/mol. The minimum atomic E-state index is 0.216. The van der Waals surface area contributed by atoms with E-state index in [2.05, 4.69) is 43.0 Å². The summed E-state index contributed by atoms with van der Waals surface area (Å²) in [6.07, 6.45) is 4.63. The Labute approximate surface area is 135 Å². The molecule has 2 atom stereocenters. The molecule has 0 fully saturated rings. The van der Waals surface area contributed by atoms with Crippen molar-refractivity contribution in [2.45, 2.75) is 10.8 Å². The lowest BCUT2D eigenvalue weighted by molar-refractivity contribution is -0.104. The van der Waals surface area contributed by atoms with Gasteiger partial charge in [0.2, 0.25) is 0 Å². The molecule has 2 aromatic carbocycles. The maximum atomic E-state index is 11.2. The molecule has 3 rings (SSSR count). The maximum absolute atomic E-state index is 11.2. The van der Waals surface area contributed by atoms with E-state index in [1.807, 2.05) is 36.0 Å². The van der Waals surface area contributed by atoms with Gasteiger partial charge in [-0.25, -0.2) is 0 Å². The second-order valence-corrected chi connectivity index (χ2v) is 6.41. The monoisotopic (exact) mass is 306 g/mol. The molecule has 2 aromatic rings. The van der Waals surface area contributed by atoms with Crippen LogP contribution in [0.5, 0.6) is 0 Å². The molecule has 2 unspecified atom stereocenters. The molecule has 1 aliphatic rings. The van der Waals surface area contributed by atoms with Gasteiger partial charge in [0.15, 0.2) is 0 Å². The van der Waals surface area contributed by atoms with Crippen LogP contribution in [0.15, 0.2) is 78.2 Å². The van der Waals surface area contributed by atoms with E-state index < -0.39 is 0 Å². The number of fused-ring (bicyclic) bond motifs is 1. The first-order valence-corrected chi connectivity index (χ1v) is 8.38. The minimum absolute atomic E-state index is 0.216. The fourth-order valence-electron chi connectivity index (χ4n) is 3.09. The van der Waals surface area contributed by atoms with Gasteiger partial charge in [-0.1, -0.05) is 54.6 Å². The Kier molecular flexibility index (Phi) is 4.59. The molecule has 0 aromatic heterocycles. The summed E-state index contributed by atoms with van der Waals surface area (Å²) in [6, 6.07) is 18.7. The van der Waals surface area contributed by atoms with Crippen LogP contribution in [0.2, 0.25) is 0 Å². The molecule has 0 spiro atoms. The van der Waals surface area contributed by atoms with Crippen LogP contribution in [-0.2, 0) is 4.79 Å². The van der Waals surface area contributed by atoms with Crippen molar-refractivity contribution in [1.29, 1.82) is 0 Å². The first-order chi connectivity index (χ1) is 10.8. The largest absolute Gasteiger partial charge is 0.299 e. The number of hydrogen-bond donors (Lipinski definition) is 0. The van der Waals surface area contributed by atoms with Gasteiger partial charge in [-0.05, 0) is 28.8 Å². The van der Waals surface area contributed by atoms with Gasteiger partial charge >= 0.3 is 0 Å². The number of hydrogen-bond acceptors (Lipinski definition) is 2. The highest BCUT2D eigenvalue weighted by Gasteiger charge is 2.30. The van der Waals surface area contributed by atoms with Gasteiger partial charge in [0.05, 0.1) is 0 Å². The third kappa shape index (κ3) is 2.79. The third-order valence-electron chi connectivity index (χ3n) is 4.14. The van der Waals surface area contributed by atoms with E-state index in [-0.39, 0.29) is 11.8 Å². The van der Waals surface area contributed by atoms with Gasteiger partial charge in [0.1, 0.15) is 6.29 Å². The summed E-state index contributed by atoms with van der Waals surface area (Å²) in [4.78, 5) is 12.4. The van der Waals surface area contributed by atoms with Crippen LogP contribution in [0.4, 0.5) is 0 Å². The van der Waals surface area contributed by atoms with Crippen molar-refractivity contribution in [1.82, 2.24) is 0 Å². The van der Waals surface area contributed by atoms with Crippen molar-refractivity contribution in [3.05, 3.63) is 84.5 Å². The SMILES string of the molecule is C=CC(c1ccccc1)C1CSc2ccccc2/C1=C/C=O. The number of thioether (sulfide) groups is 1. The Morgan fingerprint density at radius 2 is 1.82 bits per heavy atom. The molecule has 0 saturated carbocycles. The molecular formula is C20H18OS. The first-order valence-electron chi connectivity index (χ1n) is 7.40. The van der Waals surface area contributed by atoms with Gasteiger partial charge in [-0.2, -0.15) is 0 Å². The molecule has 22 heavy (non-hydrogen) atoms. The Morgan fingerprint density at radius 1 is 1.09 bits per heavy atom. The molecule has 0 aliphatic carbocycles. The van der Waals surface area contributed by atoms with E-state index >= 15 is 0 Å². The lowest BCUT2D eigenvalue weighted by Gasteiger charge is -2.32. The Hall–Kier alpha value is -2.06. The summed E-state index contributed by atoms with van der Waals surface area (Å²) >= 11 is 1.86. The summed E-state index contributed by atoms with van der Waals surface area (Å²) in [5, 5.41) is 0. The van der Waals surface area contributed by atoms with Crippen LogP contribution in [0.25, 0.3) is 5.57 Å². The van der Waals surface area contributed by atoms with E-state index in [1.54, 1.807) is 6.08 Å². The van der Waals surface area contributed by atoms with Crippen LogP contribution >= 0.6 is 11.8 Å². The molecule has 1 aliphatic heterocycles. The molecule has 0 bridgehead atoms. The van der Waals surface area contributed by atoms with Gasteiger partial charge in [0.25, 0.3) is 0 Å². The lowest BCUT2D eigenvalue weighted by atomic mass is 9.79. The van der Waals surface area contributed by atoms with Gasteiger partial charge in [-0.3, -0.25) is 4.79 Å². The fourth-order valence-corrected chi connectivity index (χ4v) is 4.35. The highest BCUT2D eigenvalue weighted by molar-refractivity contribution is 7.99. The third-order valence-corrected chi connectivity index (χ3v) is 5.33. The number of aldehydes is 1. The zero-order chi connectivity index (χ0) is 15.4. The van der Waals surface area contributed by atoms with Crippen molar-refractivity contribution >= 4 is 23.6 Å². The molecule has 2 heteroatoms. The standard InChI is InChI=1S/C20H18OS/c1-2-16(15-8-4-3-5-9-15)19-14-22-20-11-7-6-10-18(20)17(19)12-13-21/h2-13,16,19H,1,14H2/b17-12-. The Morgan fingerprint density at radius 3 is 2.55 bits per heavy atom. The number of carbonyl (C=O) groups is 1. The quantitative estimate of drug-likeness (QED) is 0.451. The van der Waals surface area contributed by atoms with Crippen LogP contribution in [-0.4, -0.2) is 12.0 Å². The number of carbonyl (C=O) groups excluding carboxylic acids is 1. The molecule has 0 N–H and O–H groups in total. The van der Waals surface area contributed by atoms with Crippen LogP contribution < -0.4 is 0 Å². The normalized spacial score (nSPS) is 20.2. The van der Waals surface area contributed by atoms with E-state index in [0.717, 1.165) is 17.6 Å². The van der Waals surface area contributed by atoms with Crippen molar-refractivity contribution in [2.24, 2.45) is 5.92 Å². The average Bonchev–Trinajstić information content (AvgIpc) is 2.58. The molecule has 0 amide bonds. The highest BCUT2D eigenvalue weighted by Crippen LogP contribution is 2.46. The second kappa shape index (κ2) is 6.80. The topological polar surface area (TPSA) is 17.1 Å². The lowest BCUT2D eigenvalue weighted by Crippen LogP contribution is -2.19. The van der Waals surface area contributed by atoms with E-state index in [0.29, 0.717) is 0 Å². The smallest absolute Gasteiger partial charge is 0.143 e. The van der Waals surface area contributed by atoms with E-state index in [9.17, 15) is 4.79 Å². The number of allylic oxidation sites excluding steroid dienone is 3. The summed E-state index contributed by atoms with van der Waals surface area (Å²) in [5.74, 6) is 1.45. The summed E-state index contributed by atoms with van der Waals surface area (Å²) in [5.41, 5.74) is 3.55. The summed E-state index contributed by atoms with van der Waals surface area (Å²) in [6.45, 7) is 4.04. The average molecular weight is 306 g/mol. The van der Waals surface area contributed by atoms with Crippen LogP contribution in [0.3, 0.4) is 0 Å². The zero-order valence-electron chi connectivity index (χ0n) is 12.3.